The van der Waals surface area contributed by atoms with Crippen LogP contribution in [0.1, 0.15) is 37.9 Å². The van der Waals surface area contributed by atoms with E-state index in [1.807, 2.05) is 6.92 Å². The first kappa shape index (κ1) is 10.9. The van der Waals surface area contributed by atoms with Crippen molar-refractivity contribution in [1.29, 1.82) is 0 Å². The number of hydrogen-bond donors (Lipinski definition) is 1. The molecule has 0 bridgehead atoms. The molecule has 1 aliphatic rings. The lowest BCUT2D eigenvalue weighted by Gasteiger charge is -2.12. The highest BCUT2D eigenvalue weighted by Gasteiger charge is 2.29. The molecular weight excluding hydrogens is 208 g/mol. The maximum absolute atomic E-state index is 10.8. The van der Waals surface area contributed by atoms with Crippen LogP contribution in [-0.2, 0) is 0 Å². The van der Waals surface area contributed by atoms with E-state index in [2.05, 4.69) is 5.10 Å². The van der Waals surface area contributed by atoms with Gasteiger partial charge in [0.25, 0.3) is 0 Å². The molecule has 1 unspecified atom stereocenters. The second-order valence-corrected chi connectivity index (χ2v) is 4.55. The zero-order chi connectivity index (χ0) is 11.9. The number of anilines is 1. The first-order chi connectivity index (χ1) is 7.50. The Kier molecular flexibility index (Phi) is 2.57. The summed E-state index contributed by atoms with van der Waals surface area (Å²) in [4.78, 5) is 10.3. The Morgan fingerprint density at radius 1 is 1.69 bits per heavy atom. The molecule has 0 saturated heterocycles. The van der Waals surface area contributed by atoms with Gasteiger partial charge in [0.15, 0.2) is 0 Å². The van der Waals surface area contributed by atoms with Gasteiger partial charge >= 0.3 is 5.69 Å². The number of rotatable bonds is 4. The Balaban J connectivity index is 2.26. The van der Waals surface area contributed by atoms with Crippen molar-refractivity contribution < 1.29 is 4.92 Å². The summed E-state index contributed by atoms with van der Waals surface area (Å²) in [6.45, 7) is 3.62. The molecule has 0 spiro atoms. The van der Waals surface area contributed by atoms with Gasteiger partial charge in [0, 0.05) is 0 Å². The van der Waals surface area contributed by atoms with Crippen LogP contribution in [0.2, 0.25) is 0 Å². The van der Waals surface area contributed by atoms with Crippen molar-refractivity contribution in [2.75, 3.05) is 5.73 Å². The highest BCUT2D eigenvalue weighted by Crippen LogP contribution is 2.38. The largest absolute Gasteiger partial charge is 0.378 e. The summed E-state index contributed by atoms with van der Waals surface area (Å²) in [5, 5.41) is 14.9. The molecule has 0 aliphatic heterocycles. The molecule has 2 N–H and O–H groups in total. The summed E-state index contributed by atoms with van der Waals surface area (Å²) in [5.74, 6) is 0.925. The molecule has 1 aliphatic carbocycles. The van der Waals surface area contributed by atoms with E-state index in [9.17, 15) is 10.1 Å². The van der Waals surface area contributed by atoms with Crippen molar-refractivity contribution in [2.45, 2.75) is 39.2 Å². The topological polar surface area (TPSA) is 87.0 Å². The first-order valence-corrected chi connectivity index (χ1v) is 5.49. The molecular formula is C10H16N4O2. The normalized spacial score (nSPS) is 17.4. The van der Waals surface area contributed by atoms with Crippen LogP contribution in [-0.4, -0.2) is 14.7 Å². The lowest BCUT2D eigenvalue weighted by molar-refractivity contribution is -0.384. The van der Waals surface area contributed by atoms with Crippen molar-refractivity contribution >= 4 is 11.5 Å². The minimum absolute atomic E-state index is 0.0531. The maximum atomic E-state index is 10.8. The molecule has 1 atom stereocenters. The predicted octanol–water partition coefficient (Wildman–Crippen LogP) is 2.04. The van der Waals surface area contributed by atoms with Gasteiger partial charge in [0.1, 0.15) is 5.69 Å². The molecule has 0 radical (unpaired) electrons. The molecule has 1 saturated carbocycles. The highest BCUT2D eigenvalue weighted by atomic mass is 16.6. The van der Waals surface area contributed by atoms with Crippen molar-refractivity contribution in [2.24, 2.45) is 5.92 Å². The fraction of sp³-hybridized carbons (Fsp3) is 0.700. The number of nitro groups is 1. The van der Waals surface area contributed by atoms with Crippen molar-refractivity contribution in [1.82, 2.24) is 9.78 Å². The smallest absolute Gasteiger partial charge is 0.333 e. The Morgan fingerprint density at radius 3 is 2.75 bits per heavy atom. The molecule has 6 heteroatoms. The van der Waals surface area contributed by atoms with E-state index in [1.54, 1.807) is 11.6 Å². The number of nitrogens with two attached hydrogens (primary N) is 1. The van der Waals surface area contributed by atoms with E-state index in [1.165, 1.54) is 12.8 Å². The van der Waals surface area contributed by atoms with Gasteiger partial charge in [0.2, 0.25) is 5.82 Å². The van der Waals surface area contributed by atoms with E-state index >= 15 is 0 Å². The third-order valence-electron chi connectivity index (χ3n) is 3.06. The summed E-state index contributed by atoms with van der Waals surface area (Å²) < 4.78 is 1.59. The average molecular weight is 224 g/mol. The second-order valence-electron chi connectivity index (χ2n) is 4.55. The number of hydrogen-bond acceptors (Lipinski definition) is 4. The third-order valence-corrected chi connectivity index (χ3v) is 3.06. The lowest BCUT2D eigenvalue weighted by atomic mass is 10.2. The molecule has 1 heterocycles. The summed E-state index contributed by atoms with van der Waals surface area (Å²) in [6.07, 6.45) is 3.52. The van der Waals surface area contributed by atoms with E-state index < -0.39 is 4.92 Å². The van der Waals surface area contributed by atoms with Gasteiger partial charge in [-0.25, -0.2) is 4.68 Å². The number of aryl methyl sites for hydroxylation is 1. The number of nitrogens with zero attached hydrogens (tertiary/aromatic N) is 3. The summed E-state index contributed by atoms with van der Waals surface area (Å²) >= 11 is 0. The van der Waals surface area contributed by atoms with Gasteiger partial charge in [-0.3, -0.25) is 10.1 Å². The zero-order valence-corrected chi connectivity index (χ0v) is 9.51. The summed E-state index contributed by atoms with van der Waals surface area (Å²) in [6, 6.07) is 0.139. The SMILES string of the molecule is Cc1nn(C(C)CC2CC2)c(N)c1[N+](=O)[O-]. The second kappa shape index (κ2) is 3.77. The van der Waals surface area contributed by atoms with Crippen molar-refractivity contribution in [3.8, 4) is 0 Å². The molecule has 88 valence electrons. The van der Waals surface area contributed by atoms with Crippen molar-refractivity contribution in [3.05, 3.63) is 15.8 Å². The molecule has 0 aromatic carbocycles. The maximum Gasteiger partial charge on any atom is 0.333 e. The van der Waals surface area contributed by atoms with Gasteiger partial charge in [-0.2, -0.15) is 5.10 Å². The Labute approximate surface area is 93.6 Å². The molecule has 1 aromatic rings. The van der Waals surface area contributed by atoms with Crippen LogP contribution in [0.3, 0.4) is 0 Å². The zero-order valence-electron chi connectivity index (χ0n) is 9.51. The van der Waals surface area contributed by atoms with Gasteiger partial charge in [0.05, 0.1) is 11.0 Å². The number of nitrogen functional groups attached to an aromatic ring is 1. The molecule has 0 amide bonds. The van der Waals surface area contributed by atoms with Crippen LogP contribution < -0.4 is 5.73 Å². The molecule has 16 heavy (non-hydrogen) atoms. The van der Waals surface area contributed by atoms with E-state index in [-0.39, 0.29) is 17.5 Å². The minimum Gasteiger partial charge on any atom is -0.378 e. The molecule has 1 fully saturated rings. The van der Waals surface area contributed by atoms with E-state index in [0.29, 0.717) is 5.69 Å². The van der Waals surface area contributed by atoms with Gasteiger partial charge in [-0.15, -0.1) is 0 Å². The highest BCUT2D eigenvalue weighted by molar-refractivity contribution is 5.56. The van der Waals surface area contributed by atoms with Crippen LogP contribution in [0.25, 0.3) is 0 Å². The quantitative estimate of drug-likeness (QED) is 0.626. The lowest BCUT2D eigenvalue weighted by Crippen LogP contribution is -2.11. The van der Waals surface area contributed by atoms with Crippen LogP contribution in [0, 0.1) is 23.0 Å². The fourth-order valence-corrected chi connectivity index (χ4v) is 2.05. The first-order valence-electron chi connectivity index (χ1n) is 5.49. The standard InChI is InChI=1S/C10H16N4O2/c1-6(5-8-3-4-8)13-10(11)9(14(15)16)7(2)12-13/h6,8H,3-5,11H2,1-2H3. The van der Waals surface area contributed by atoms with Gasteiger partial charge in [-0.1, -0.05) is 12.8 Å². The molecule has 2 rings (SSSR count). The van der Waals surface area contributed by atoms with Gasteiger partial charge < -0.3 is 5.73 Å². The monoisotopic (exact) mass is 224 g/mol. The van der Waals surface area contributed by atoms with Crippen LogP contribution in [0.5, 0.6) is 0 Å². The van der Waals surface area contributed by atoms with Crippen LogP contribution in [0.15, 0.2) is 0 Å². The van der Waals surface area contributed by atoms with Crippen LogP contribution >= 0.6 is 0 Å². The fourth-order valence-electron chi connectivity index (χ4n) is 2.05. The molecule has 6 nitrogen and oxygen atoms in total. The van der Waals surface area contributed by atoms with Crippen LogP contribution in [0.4, 0.5) is 11.5 Å². The predicted molar refractivity (Wildman–Crippen MR) is 60.1 cm³/mol. The van der Waals surface area contributed by atoms with Crippen molar-refractivity contribution in [3.63, 3.8) is 0 Å². The minimum atomic E-state index is -0.460. The molecule has 1 aromatic heterocycles. The van der Waals surface area contributed by atoms with Gasteiger partial charge in [-0.05, 0) is 26.2 Å². The number of aromatic nitrogens is 2. The van der Waals surface area contributed by atoms with E-state index in [0.717, 1.165) is 12.3 Å². The Bertz CT molecular complexity index is 423. The third kappa shape index (κ3) is 1.87. The summed E-state index contributed by atoms with van der Waals surface area (Å²) in [5.41, 5.74) is 6.10. The summed E-state index contributed by atoms with van der Waals surface area (Å²) in [7, 11) is 0. The van der Waals surface area contributed by atoms with E-state index in [4.69, 9.17) is 5.73 Å². The Hall–Kier alpha value is -1.59. The Morgan fingerprint density at radius 2 is 2.31 bits per heavy atom. The average Bonchev–Trinajstić information content (AvgIpc) is 2.91.